The van der Waals surface area contributed by atoms with Gasteiger partial charge in [0.25, 0.3) is 0 Å². The minimum absolute atomic E-state index is 0.420. The molecule has 86 valence electrons. The average Bonchev–Trinajstić information content (AvgIpc) is 2.38. The predicted molar refractivity (Wildman–Crippen MR) is 64.3 cm³/mol. The molecular weight excluding hydrogens is 216 g/mol. The van der Waals surface area contributed by atoms with E-state index in [9.17, 15) is 4.79 Å². The Bertz CT molecular complexity index is 496. The largest absolute Gasteiger partial charge is 0.366 e. The first-order chi connectivity index (χ1) is 8.25. The fraction of sp³-hybridized carbons (Fsp3) is 0.0833. The van der Waals surface area contributed by atoms with Crippen LogP contribution in [0.25, 0.3) is 0 Å². The van der Waals surface area contributed by atoms with Gasteiger partial charge in [0.05, 0.1) is 0 Å². The summed E-state index contributed by atoms with van der Waals surface area (Å²) in [6, 6.07) is 8.84. The van der Waals surface area contributed by atoms with Gasteiger partial charge in [0.2, 0.25) is 11.9 Å². The van der Waals surface area contributed by atoms with Crippen LogP contribution >= 0.6 is 0 Å². The van der Waals surface area contributed by atoms with E-state index >= 15 is 0 Å². The highest BCUT2D eigenvalue weighted by atomic mass is 16.1. The first kappa shape index (κ1) is 11.1. The predicted octanol–water partition coefficient (Wildman–Crippen LogP) is 1.19. The van der Waals surface area contributed by atoms with Crippen LogP contribution in [-0.4, -0.2) is 15.9 Å². The van der Waals surface area contributed by atoms with Gasteiger partial charge in [-0.25, -0.2) is 9.97 Å². The standard InChI is InChI=1S/C12H12N4O/c13-11(17)10-4-2-9(3-5-10)8-16-12-14-6-1-7-15-12/h1-7H,8H2,(H2,13,17)(H,14,15,16). The number of primary amides is 1. The monoisotopic (exact) mass is 228 g/mol. The van der Waals surface area contributed by atoms with Crippen LogP contribution in [0.5, 0.6) is 0 Å². The molecule has 0 aliphatic rings. The molecule has 0 aliphatic carbocycles. The van der Waals surface area contributed by atoms with Crippen LogP contribution < -0.4 is 11.1 Å². The molecule has 0 saturated heterocycles. The molecule has 5 heteroatoms. The second-order valence-corrected chi connectivity index (χ2v) is 3.49. The summed E-state index contributed by atoms with van der Waals surface area (Å²) in [4.78, 5) is 19.0. The summed E-state index contributed by atoms with van der Waals surface area (Å²) < 4.78 is 0. The van der Waals surface area contributed by atoms with Crippen molar-refractivity contribution in [2.24, 2.45) is 5.73 Å². The molecule has 2 aromatic rings. The minimum atomic E-state index is -0.420. The van der Waals surface area contributed by atoms with Gasteiger partial charge in [-0.1, -0.05) is 12.1 Å². The number of nitrogens with one attached hydrogen (secondary N) is 1. The third-order valence-electron chi connectivity index (χ3n) is 2.25. The molecule has 0 radical (unpaired) electrons. The second-order valence-electron chi connectivity index (χ2n) is 3.49. The van der Waals surface area contributed by atoms with Gasteiger partial charge in [0.1, 0.15) is 0 Å². The van der Waals surface area contributed by atoms with Crippen molar-refractivity contribution in [1.29, 1.82) is 0 Å². The third-order valence-corrected chi connectivity index (χ3v) is 2.25. The number of anilines is 1. The van der Waals surface area contributed by atoms with Gasteiger partial charge in [0.15, 0.2) is 0 Å². The lowest BCUT2D eigenvalue weighted by Gasteiger charge is -2.04. The molecule has 0 fully saturated rings. The van der Waals surface area contributed by atoms with Crippen molar-refractivity contribution in [3.05, 3.63) is 53.9 Å². The fourth-order valence-corrected chi connectivity index (χ4v) is 1.36. The zero-order valence-corrected chi connectivity index (χ0v) is 9.13. The average molecular weight is 228 g/mol. The lowest BCUT2D eigenvalue weighted by Crippen LogP contribution is -2.11. The van der Waals surface area contributed by atoms with E-state index < -0.39 is 5.91 Å². The summed E-state index contributed by atoms with van der Waals surface area (Å²) in [5.41, 5.74) is 6.69. The quantitative estimate of drug-likeness (QED) is 0.823. The molecular formula is C12H12N4O. The van der Waals surface area contributed by atoms with Crippen LogP contribution in [0.15, 0.2) is 42.7 Å². The number of nitrogens with two attached hydrogens (primary N) is 1. The number of rotatable bonds is 4. The molecule has 1 aromatic carbocycles. The Labute approximate surface area is 98.7 Å². The highest BCUT2D eigenvalue weighted by Gasteiger charge is 2.00. The van der Waals surface area contributed by atoms with Gasteiger partial charge in [-0.15, -0.1) is 0 Å². The Morgan fingerprint density at radius 3 is 2.41 bits per heavy atom. The smallest absolute Gasteiger partial charge is 0.248 e. The summed E-state index contributed by atoms with van der Waals surface area (Å²) >= 11 is 0. The molecule has 0 spiro atoms. The van der Waals surface area contributed by atoms with Crippen molar-refractivity contribution in [2.75, 3.05) is 5.32 Å². The van der Waals surface area contributed by atoms with E-state index in [1.807, 2.05) is 12.1 Å². The molecule has 0 saturated carbocycles. The van der Waals surface area contributed by atoms with Gasteiger partial charge in [-0.05, 0) is 23.8 Å². The number of benzene rings is 1. The molecule has 2 rings (SSSR count). The van der Waals surface area contributed by atoms with E-state index in [2.05, 4.69) is 15.3 Å². The maximum Gasteiger partial charge on any atom is 0.248 e. The lowest BCUT2D eigenvalue weighted by molar-refractivity contribution is 0.100. The van der Waals surface area contributed by atoms with Crippen molar-refractivity contribution in [3.8, 4) is 0 Å². The SMILES string of the molecule is NC(=O)c1ccc(CNc2ncccn2)cc1. The zero-order chi connectivity index (χ0) is 12.1. The number of amides is 1. The van der Waals surface area contributed by atoms with Gasteiger partial charge in [-0.2, -0.15) is 0 Å². The highest BCUT2D eigenvalue weighted by Crippen LogP contribution is 2.05. The summed E-state index contributed by atoms with van der Waals surface area (Å²) in [5, 5.41) is 3.07. The Morgan fingerprint density at radius 2 is 1.82 bits per heavy atom. The first-order valence-corrected chi connectivity index (χ1v) is 5.15. The maximum absolute atomic E-state index is 10.9. The molecule has 5 nitrogen and oxygen atoms in total. The van der Waals surface area contributed by atoms with E-state index in [4.69, 9.17) is 5.73 Å². The third kappa shape index (κ3) is 3.01. The number of aromatic nitrogens is 2. The molecule has 0 aliphatic heterocycles. The van der Waals surface area contributed by atoms with Crippen molar-refractivity contribution in [1.82, 2.24) is 9.97 Å². The Hall–Kier alpha value is -2.43. The van der Waals surface area contributed by atoms with Gasteiger partial charge < -0.3 is 11.1 Å². The van der Waals surface area contributed by atoms with E-state index in [1.54, 1.807) is 30.6 Å². The number of carbonyl (C=O) groups excluding carboxylic acids is 1. The van der Waals surface area contributed by atoms with E-state index in [-0.39, 0.29) is 0 Å². The molecule has 1 aromatic heterocycles. The van der Waals surface area contributed by atoms with Gasteiger partial charge >= 0.3 is 0 Å². The topological polar surface area (TPSA) is 80.9 Å². The van der Waals surface area contributed by atoms with Gasteiger partial charge in [-0.3, -0.25) is 4.79 Å². The Kier molecular flexibility index (Phi) is 3.30. The molecule has 1 amide bonds. The van der Waals surface area contributed by atoms with Crippen molar-refractivity contribution in [2.45, 2.75) is 6.54 Å². The molecule has 17 heavy (non-hydrogen) atoms. The maximum atomic E-state index is 10.9. The Balaban J connectivity index is 1.98. The fourth-order valence-electron chi connectivity index (χ4n) is 1.36. The van der Waals surface area contributed by atoms with Crippen LogP contribution in [0.2, 0.25) is 0 Å². The Morgan fingerprint density at radius 1 is 1.18 bits per heavy atom. The van der Waals surface area contributed by atoms with Crippen LogP contribution in [0.4, 0.5) is 5.95 Å². The molecule has 0 unspecified atom stereocenters. The number of nitrogens with zero attached hydrogens (tertiary/aromatic N) is 2. The summed E-state index contributed by atoms with van der Waals surface area (Å²) in [7, 11) is 0. The normalized spacial score (nSPS) is 9.88. The van der Waals surface area contributed by atoms with Crippen molar-refractivity contribution >= 4 is 11.9 Å². The number of carbonyl (C=O) groups is 1. The van der Waals surface area contributed by atoms with Crippen molar-refractivity contribution < 1.29 is 4.79 Å². The summed E-state index contributed by atoms with van der Waals surface area (Å²) in [6.07, 6.45) is 3.34. The molecule has 1 heterocycles. The zero-order valence-electron chi connectivity index (χ0n) is 9.13. The number of hydrogen-bond donors (Lipinski definition) is 2. The van der Waals surface area contributed by atoms with E-state index in [0.29, 0.717) is 18.1 Å². The highest BCUT2D eigenvalue weighted by molar-refractivity contribution is 5.92. The first-order valence-electron chi connectivity index (χ1n) is 5.15. The van der Waals surface area contributed by atoms with Crippen LogP contribution in [0.1, 0.15) is 15.9 Å². The summed E-state index contributed by atoms with van der Waals surface area (Å²) in [6.45, 7) is 0.600. The van der Waals surface area contributed by atoms with E-state index in [1.165, 1.54) is 0 Å². The van der Waals surface area contributed by atoms with Crippen molar-refractivity contribution in [3.63, 3.8) is 0 Å². The lowest BCUT2D eigenvalue weighted by atomic mass is 10.1. The van der Waals surface area contributed by atoms with Gasteiger partial charge in [0, 0.05) is 24.5 Å². The van der Waals surface area contributed by atoms with E-state index in [0.717, 1.165) is 5.56 Å². The number of hydrogen-bond acceptors (Lipinski definition) is 4. The molecule has 0 bridgehead atoms. The minimum Gasteiger partial charge on any atom is -0.366 e. The summed E-state index contributed by atoms with van der Waals surface area (Å²) in [5.74, 6) is 0.155. The second kappa shape index (κ2) is 5.07. The van der Waals surface area contributed by atoms with Crippen LogP contribution in [0, 0.1) is 0 Å². The molecule has 0 atom stereocenters. The molecule has 3 N–H and O–H groups in total. The van der Waals surface area contributed by atoms with Crippen LogP contribution in [0.3, 0.4) is 0 Å². The van der Waals surface area contributed by atoms with Crippen LogP contribution in [-0.2, 0) is 6.54 Å².